The number of benzene rings is 1. The van der Waals surface area contributed by atoms with Crippen LogP contribution in [0.2, 0.25) is 0 Å². The SMILES string of the molecule is CCCCN(CC)C(=O)C1COc2ccccc2C1. The van der Waals surface area contributed by atoms with Crippen molar-refractivity contribution in [1.82, 2.24) is 4.90 Å². The zero-order chi connectivity index (χ0) is 13.7. The van der Waals surface area contributed by atoms with Gasteiger partial charge in [-0.1, -0.05) is 31.5 Å². The van der Waals surface area contributed by atoms with Crippen molar-refractivity contribution in [2.24, 2.45) is 5.92 Å². The van der Waals surface area contributed by atoms with Gasteiger partial charge in [0, 0.05) is 13.1 Å². The van der Waals surface area contributed by atoms with Crippen molar-refractivity contribution in [1.29, 1.82) is 0 Å². The van der Waals surface area contributed by atoms with Crippen molar-refractivity contribution in [2.75, 3.05) is 19.7 Å². The molecule has 0 bridgehead atoms. The Bertz CT molecular complexity index is 431. The summed E-state index contributed by atoms with van der Waals surface area (Å²) in [6.07, 6.45) is 3.00. The lowest BCUT2D eigenvalue weighted by Gasteiger charge is -2.29. The number of hydrogen-bond donors (Lipinski definition) is 0. The van der Waals surface area contributed by atoms with E-state index in [9.17, 15) is 4.79 Å². The first-order chi connectivity index (χ1) is 9.26. The van der Waals surface area contributed by atoms with Gasteiger partial charge in [-0.25, -0.2) is 0 Å². The highest BCUT2D eigenvalue weighted by Crippen LogP contribution is 2.27. The number of nitrogens with zero attached hydrogens (tertiary/aromatic N) is 1. The Morgan fingerprint density at radius 1 is 1.37 bits per heavy atom. The number of para-hydroxylation sites is 1. The maximum atomic E-state index is 12.5. The summed E-state index contributed by atoms with van der Waals surface area (Å²) in [6, 6.07) is 8.01. The van der Waals surface area contributed by atoms with Gasteiger partial charge in [-0.2, -0.15) is 0 Å². The number of carbonyl (C=O) groups is 1. The van der Waals surface area contributed by atoms with Crippen LogP contribution in [0.1, 0.15) is 32.3 Å². The van der Waals surface area contributed by atoms with E-state index in [2.05, 4.69) is 13.0 Å². The highest BCUT2D eigenvalue weighted by Gasteiger charge is 2.28. The highest BCUT2D eigenvalue weighted by molar-refractivity contribution is 5.79. The molecule has 0 N–H and O–H groups in total. The van der Waals surface area contributed by atoms with Gasteiger partial charge in [-0.3, -0.25) is 4.79 Å². The molecular weight excluding hydrogens is 238 g/mol. The minimum Gasteiger partial charge on any atom is -0.492 e. The van der Waals surface area contributed by atoms with Gasteiger partial charge < -0.3 is 9.64 Å². The Kier molecular flexibility index (Phi) is 4.83. The average Bonchev–Trinajstić information content (AvgIpc) is 2.47. The average molecular weight is 261 g/mol. The standard InChI is InChI=1S/C16H23NO2/c1-3-5-10-17(4-2)16(18)14-11-13-8-6-7-9-15(13)19-12-14/h6-9,14H,3-5,10-12H2,1-2H3. The molecule has 2 rings (SSSR count). The Morgan fingerprint density at radius 3 is 2.89 bits per heavy atom. The fourth-order valence-electron chi connectivity index (χ4n) is 2.52. The predicted octanol–water partition coefficient (Wildman–Crippen LogP) is 2.89. The quantitative estimate of drug-likeness (QED) is 0.815. The predicted molar refractivity (Wildman–Crippen MR) is 76.3 cm³/mol. The molecule has 1 aromatic rings. The van der Waals surface area contributed by atoms with E-state index < -0.39 is 0 Å². The van der Waals surface area contributed by atoms with Gasteiger partial charge in [0.25, 0.3) is 0 Å². The number of amides is 1. The monoisotopic (exact) mass is 261 g/mol. The third kappa shape index (κ3) is 3.28. The van der Waals surface area contributed by atoms with Crippen LogP contribution >= 0.6 is 0 Å². The molecule has 3 heteroatoms. The van der Waals surface area contributed by atoms with E-state index in [0.717, 1.165) is 43.7 Å². The lowest BCUT2D eigenvalue weighted by atomic mass is 9.95. The molecule has 0 saturated carbocycles. The molecule has 1 aromatic carbocycles. The van der Waals surface area contributed by atoms with Crippen LogP contribution in [0.5, 0.6) is 5.75 Å². The molecule has 1 aliphatic rings. The molecule has 0 aromatic heterocycles. The minimum atomic E-state index is -0.0216. The second-order valence-corrected chi connectivity index (χ2v) is 5.09. The molecule has 0 fully saturated rings. The second-order valence-electron chi connectivity index (χ2n) is 5.09. The first-order valence-corrected chi connectivity index (χ1v) is 7.25. The summed E-state index contributed by atoms with van der Waals surface area (Å²) in [6.45, 7) is 6.36. The van der Waals surface area contributed by atoms with Crippen molar-refractivity contribution < 1.29 is 9.53 Å². The number of fused-ring (bicyclic) bond motifs is 1. The number of ether oxygens (including phenoxy) is 1. The summed E-state index contributed by atoms with van der Waals surface area (Å²) in [7, 11) is 0. The molecule has 1 amide bonds. The smallest absolute Gasteiger partial charge is 0.229 e. The fourth-order valence-corrected chi connectivity index (χ4v) is 2.52. The van der Waals surface area contributed by atoms with Crippen LogP contribution in [0.25, 0.3) is 0 Å². The van der Waals surface area contributed by atoms with E-state index in [4.69, 9.17) is 4.74 Å². The van der Waals surface area contributed by atoms with Gasteiger partial charge in [-0.05, 0) is 31.4 Å². The van der Waals surface area contributed by atoms with Gasteiger partial charge in [0.1, 0.15) is 12.4 Å². The Labute approximate surface area is 115 Å². The largest absolute Gasteiger partial charge is 0.492 e. The Hall–Kier alpha value is -1.51. The third-order valence-electron chi connectivity index (χ3n) is 3.70. The van der Waals surface area contributed by atoms with E-state index in [1.54, 1.807) is 0 Å². The van der Waals surface area contributed by atoms with Crippen molar-refractivity contribution in [3.63, 3.8) is 0 Å². The third-order valence-corrected chi connectivity index (χ3v) is 3.70. The van der Waals surface area contributed by atoms with Crippen molar-refractivity contribution >= 4 is 5.91 Å². The van der Waals surface area contributed by atoms with Gasteiger partial charge in [0.05, 0.1) is 5.92 Å². The molecule has 0 radical (unpaired) electrons. The van der Waals surface area contributed by atoms with Gasteiger partial charge in [-0.15, -0.1) is 0 Å². The maximum Gasteiger partial charge on any atom is 0.229 e. The van der Waals surface area contributed by atoms with Crippen molar-refractivity contribution in [2.45, 2.75) is 33.1 Å². The lowest BCUT2D eigenvalue weighted by Crippen LogP contribution is -2.41. The van der Waals surface area contributed by atoms with E-state index >= 15 is 0 Å². The summed E-state index contributed by atoms with van der Waals surface area (Å²) in [5.74, 6) is 1.15. The molecule has 104 valence electrons. The molecule has 3 nitrogen and oxygen atoms in total. The van der Waals surface area contributed by atoms with Crippen LogP contribution in [-0.4, -0.2) is 30.5 Å². The van der Waals surface area contributed by atoms with Gasteiger partial charge in [0.15, 0.2) is 0 Å². The molecular formula is C16H23NO2. The highest BCUT2D eigenvalue weighted by atomic mass is 16.5. The zero-order valence-corrected chi connectivity index (χ0v) is 11.9. The van der Waals surface area contributed by atoms with E-state index in [0.29, 0.717) is 6.61 Å². The molecule has 1 aliphatic heterocycles. The Morgan fingerprint density at radius 2 is 2.16 bits per heavy atom. The fraction of sp³-hybridized carbons (Fsp3) is 0.562. The van der Waals surface area contributed by atoms with Crippen LogP contribution in [0, 0.1) is 5.92 Å². The summed E-state index contributed by atoms with van der Waals surface area (Å²) >= 11 is 0. The van der Waals surface area contributed by atoms with Gasteiger partial charge >= 0.3 is 0 Å². The van der Waals surface area contributed by atoms with Crippen LogP contribution in [0.4, 0.5) is 0 Å². The van der Waals surface area contributed by atoms with E-state index in [-0.39, 0.29) is 11.8 Å². The minimum absolute atomic E-state index is 0.0216. The van der Waals surface area contributed by atoms with Crippen molar-refractivity contribution in [3.8, 4) is 5.75 Å². The summed E-state index contributed by atoms with van der Waals surface area (Å²) in [5.41, 5.74) is 1.15. The number of rotatable bonds is 5. The molecule has 1 heterocycles. The first kappa shape index (κ1) is 13.9. The molecule has 1 unspecified atom stereocenters. The molecule has 0 spiro atoms. The Balaban J connectivity index is 2.01. The van der Waals surface area contributed by atoms with Gasteiger partial charge in [0.2, 0.25) is 5.91 Å². The normalized spacial score (nSPS) is 17.5. The van der Waals surface area contributed by atoms with Crippen molar-refractivity contribution in [3.05, 3.63) is 29.8 Å². The molecule has 0 aliphatic carbocycles. The second kappa shape index (κ2) is 6.60. The van der Waals surface area contributed by atoms with Crippen LogP contribution in [-0.2, 0) is 11.2 Å². The summed E-state index contributed by atoms with van der Waals surface area (Å²) in [4.78, 5) is 14.5. The van der Waals surface area contributed by atoms with Crippen LogP contribution < -0.4 is 4.74 Å². The number of carbonyl (C=O) groups excluding carboxylic acids is 1. The molecule has 19 heavy (non-hydrogen) atoms. The lowest BCUT2D eigenvalue weighted by molar-refractivity contribution is -0.136. The van der Waals surface area contributed by atoms with E-state index in [1.165, 1.54) is 0 Å². The van der Waals surface area contributed by atoms with Crippen LogP contribution in [0.15, 0.2) is 24.3 Å². The zero-order valence-electron chi connectivity index (χ0n) is 11.9. The maximum absolute atomic E-state index is 12.5. The topological polar surface area (TPSA) is 29.5 Å². The summed E-state index contributed by atoms with van der Waals surface area (Å²) < 4.78 is 5.71. The molecule has 1 atom stereocenters. The number of unbranched alkanes of at least 4 members (excludes halogenated alkanes) is 1. The summed E-state index contributed by atoms with van der Waals surface area (Å²) in [5, 5.41) is 0. The molecule has 0 saturated heterocycles. The number of hydrogen-bond acceptors (Lipinski definition) is 2. The van der Waals surface area contributed by atoms with E-state index in [1.807, 2.05) is 30.0 Å². The first-order valence-electron chi connectivity index (χ1n) is 7.25. The van der Waals surface area contributed by atoms with Crippen LogP contribution in [0.3, 0.4) is 0 Å².